The fourth-order valence-corrected chi connectivity index (χ4v) is 5.09. The molecule has 0 radical (unpaired) electrons. The van der Waals surface area contributed by atoms with Crippen LogP contribution in [0.15, 0.2) is 18.3 Å². The highest BCUT2D eigenvalue weighted by Crippen LogP contribution is 2.42. The molecule has 1 atom stereocenters. The lowest BCUT2D eigenvalue weighted by Crippen LogP contribution is -2.34. The molecule has 8 nitrogen and oxygen atoms in total. The summed E-state index contributed by atoms with van der Waals surface area (Å²) in [5.74, 6) is 0.163. The normalized spacial score (nSPS) is 17.2. The van der Waals surface area contributed by atoms with Crippen LogP contribution in [0.4, 0.5) is 10.8 Å². The van der Waals surface area contributed by atoms with Crippen LogP contribution < -0.4 is 10.0 Å². The molecule has 0 spiro atoms. The van der Waals surface area contributed by atoms with Crippen molar-refractivity contribution in [2.45, 2.75) is 39.3 Å². The number of rotatable bonds is 6. The van der Waals surface area contributed by atoms with Gasteiger partial charge in [-0.15, -0.1) is 0 Å². The summed E-state index contributed by atoms with van der Waals surface area (Å²) in [7, 11) is -3.56. The lowest BCUT2D eigenvalue weighted by Gasteiger charge is -2.24. The first kappa shape index (κ1) is 19.8. The number of carbonyl (C=O) groups excluding carboxylic acids is 2. The minimum atomic E-state index is -3.56. The predicted molar refractivity (Wildman–Crippen MR) is 112 cm³/mol. The van der Waals surface area contributed by atoms with E-state index < -0.39 is 10.0 Å². The largest absolute Gasteiger partial charge is 0.331 e. The Bertz CT molecular complexity index is 1110. The van der Waals surface area contributed by atoms with E-state index in [4.69, 9.17) is 0 Å². The molecule has 10 heteroatoms. The van der Waals surface area contributed by atoms with Gasteiger partial charge in [-0.1, -0.05) is 11.3 Å². The Balaban J connectivity index is 1.75. The first-order chi connectivity index (χ1) is 13.6. The first-order valence-electron chi connectivity index (χ1n) is 9.32. The molecule has 1 aliphatic carbocycles. The van der Waals surface area contributed by atoms with Gasteiger partial charge in [0.25, 0.3) is 5.91 Å². The second-order valence-corrected chi connectivity index (χ2v) is 10.4. The van der Waals surface area contributed by atoms with Gasteiger partial charge in [0.1, 0.15) is 0 Å². The minimum absolute atomic E-state index is 0.124. The van der Waals surface area contributed by atoms with Crippen molar-refractivity contribution in [2.75, 3.05) is 16.3 Å². The van der Waals surface area contributed by atoms with Gasteiger partial charge in [0.2, 0.25) is 15.9 Å². The molecule has 1 aromatic heterocycles. The standard InChI is InChI=1S/C19H22N4O4S2/c1-10(12-4-5-12)23-9-14-6-13(16-8-20-19(28-16)21-11(2)24)7-15(17(14)18(23)25)22-29(3,26)27/h6-8,10,12,22H,4-5,9H2,1-3H3,(H,20,21,24)/t10-/m0/s1. The fraction of sp³-hybridized carbons (Fsp3) is 0.421. The molecule has 29 heavy (non-hydrogen) atoms. The first-order valence-corrected chi connectivity index (χ1v) is 12.0. The van der Waals surface area contributed by atoms with Gasteiger partial charge in [-0.25, -0.2) is 13.4 Å². The summed E-state index contributed by atoms with van der Waals surface area (Å²) in [5.41, 5.74) is 2.24. The lowest BCUT2D eigenvalue weighted by atomic mass is 10.0. The van der Waals surface area contributed by atoms with Crippen molar-refractivity contribution in [1.29, 1.82) is 0 Å². The van der Waals surface area contributed by atoms with Crippen molar-refractivity contribution in [3.63, 3.8) is 0 Å². The molecule has 2 heterocycles. The number of benzene rings is 1. The van der Waals surface area contributed by atoms with Gasteiger partial charge in [-0.3, -0.25) is 14.3 Å². The number of nitrogens with zero attached hydrogens (tertiary/aromatic N) is 2. The molecular weight excluding hydrogens is 412 g/mol. The van der Waals surface area contributed by atoms with E-state index >= 15 is 0 Å². The smallest absolute Gasteiger partial charge is 0.256 e. The van der Waals surface area contributed by atoms with Crippen LogP contribution in [-0.4, -0.2) is 42.4 Å². The monoisotopic (exact) mass is 434 g/mol. The highest BCUT2D eigenvalue weighted by molar-refractivity contribution is 7.92. The van der Waals surface area contributed by atoms with Crippen LogP contribution in [0.3, 0.4) is 0 Å². The van der Waals surface area contributed by atoms with E-state index in [2.05, 4.69) is 21.9 Å². The molecule has 1 aromatic carbocycles. The van der Waals surface area contributed by atoms with Crippen LogP contribution in [0.1, 0.15) is 42.6 Å². The van der Waals surface area contributed by atoms with Gasteiger partial charge in [0, 0.05) is 25.7 Å². The lowest BCUT2D eigenvalue weighted by molar-refractivity contribution is -0.114. The predicted octanol–water partition coefficient (Wildman–Crippen LogP) is 2.89. The fourth-order valence-electron chi connectivity index (χ4n) is 3.68. The van der Waals surface area contributed by atoms with Gasteiger partial charge in [-0.2, -0.15) is 0 Å². The number of nitrogens with one attached hydrogen (secondary N) is 2. The van der Waals surface area contributed by atoms with Gasteiger partial charge in [0.05, 0.1) is 22.4 Å². The molecule has 2 aromatic rings. The van der Waals surface area contributed by atoms with E-state index in [1.165, 1.54) is 18.3 Å². The number of hydrogen-bond donors (Lipinski definition) is 2. The molecule has 1 saturated carbocycles. The van der Waals surface area contributed by atoms with Gasteiger partial charge in [0.15, 0.2) is 5.13 Å². The number of carbonyl (C=O) groups is 2. The Hall–Kier alpha value is -2.46. The summed E-state index contributed by atoms with van der Waals surface area (Å²) in [6.45, 7) is 3.91. The van der Waals surface area contributed by atoms with E-state index in [1.54, 1.807) is 12.3 Å². The maximum absolute atomic E-state index is 13.1. The molecule has 2 aliphatic rings. The zero-order valence-corrected chi connectivity index (χ0v) is 18.0. The van der Waals surface area contributed by atoms with Crippen molar-refractivity contribution in [1.82, 2.24) is 9.88 Å². The highest BCUT2D eigenvalue weighted by atomic mass is 32.2. The highest BCUT2D eigenvalue weighted by Gasteiger charge is 2.40. The van der Waals surface area contributed by atoms with Gasteiger partial charge in [-0.05, 0) is 48.9 Å². The second kappa shape index (κ2) is 7.10. The third-order valence-electron chi connectivity index (χ3n) is 5.20. The summed E-state index contributed by atoms with van der Waals surface area (Å²) in [4.78, 5) is 31.1. The topological polar surface area (TPSA) is 108 Å². The summed E-state index contributed by atoms with van der Waals surface area (Å²) in [6, 6.07) is 3.69. The Labute approximate surface area is 173 Å². The SMILES string of the molecule is CC(=O)Nc1ncc(-c2cc3c(c(NS(C)(=O)=O)c2)C(=O)N([C@@H](C)C2CC2)C3)s1. The van der Waals surface area contributed by atoms with Crippen LogP contribution in [0.25, 0.3) is 10.4 Å². The van der Waals surface area contributed by atoms with E-state index in [0.717, 1.165) is 35.1 Å². The maximum atomic E-state index is 13.1. The molecule has 4 rings (SSSR count). The number of amides is 2. The van der Waals surface area contributed by atoms with Gasteiger partial charge < -0.3 is 10.2 Å². The van der Waals surface area contributed by atoms with Crippen molar-refractivity contribution >= 4 is 44.0 Å². The quantitative estimate of drug-likeness (QED) is 0.727. The number of hydrogen-bond acceptors (Lipinski definition) is 6. The van der Waals surface area contributed by atoms with Gasteiger partial charge >= 0.3 is 0 Å². The third-order valence-corrected chi connectivity index (χ3v) is 6.75. The number of anilines is 2. The summed E-state index contributed by atoms with van der Waals surface area (Å²) in [5, 5.41) is 3.11. The molecule has 0 saturated heterocycles. The molecular formula is C19H22N4O4S2. The zero-order chi connectivity index (χ0) is 20.9. The zero-order valence-electron chi connectivity index (χ0n) is 16.4. The molecule has 0 bridgehead atoms. The minimum Gasteiger partial charge on any atom is -0.331 e. The Morgan fingerprint density at radius 1 is 1.34 bits per heavy atom. The van der Waals surface area contributed by atoms with Crippen molar-refractivity contribution < 1.29 is 18.0 Å². The van der Waals surface area contributed by atoms with Crippen molar-refractivity contribution in [3.05, 3.63) is 29.5 Å². The summed E-state index contributed by atoms with van der Waals surface area (Å²) in [6.07, 6.45) is 4.93. The van der Waals surface area contributed by atoms with E-state index in [-0.39, 0.29) is 23.5 Å². The summed E-state index contributed by atoms with van der Waals surface area (Å²) >= 11 is 1.29. The van der Waals surface area contributed by atoms with Crippen LogP contribution in [0.5, 0.6) is 0 Å². The molecule has 0 unspecified atom stereocenters. The Kier molecular flexibility index (Phi) is 4.86. The number of fused-ring (bicyclic) bond motifs is 1. The number of thiazole rings is 1. The average Bonchev–Trinajstić information content (AvgIpc) is 3.27. The van der Waals surface area contributed by atoms with Crippen molar-refractivity contribution in [3.8, 4) is 10.4 Å². The molecule has 2 amide bonds. The van der Waals surface area contributed by atoms with Crippen LogP contribution >= 0.6 is 11.3 Å². The Morgan fingerprint density at radius 3 is 2.69 bits per heavy atom. The molecule has 2 N–H and O–H groups in total. The van der Waals surface area contributed by atoms with Crippen LogP contribution in [-0.2, 0) is 21.4 Å². The third kappa shape index (κ3) is 4.13. The Morgan fingerprint density at radius 2 is 2.07 bits per heavy atom. The summed E-state index contributed by atoms with van der Waals surface area (Å²) < 4.78 is 26.3. The maximum Gasteiger partial charge on any atom is 0.256 e. The molecule has 1 fully saturated rings. The second-order valence-electron chi connectivity index (χ2n) is 7.65. The number of aromatic nitrogens is 1. The van der Waals surface area contributed by atoms with Crippen molar-refractivity contribution in [2.24, 2.45) is 5.92 Å². The molecule has 154 valence electrons. The van der Waals surface area contributed by atoms with Crippen LogP contribution in [0.2, 0.25) is 0 Å². The van der Waals surface area contributed by atoms with Crippen LogP contribution in [0, 0.1) is 5.92 Å². The molecule has 1 aliphatic heterocycles. The average molecular weight is 435 g/mol. The van der Waals surface area contributed by atoms with E-state index in [9.17, 15) is 18.0 Å². The number of sulfonamides is 1. The van der Waals surface area contributed by atoms with E-state index in [0.29, 0.717) is 23.2 Å². The van der Waals surface area contributed by atoms with E-state index in [1.807, 2.05) is 11.0 Å².